The van der Waals surface area contributed by atoms with Gasteiger partial charge in [0, 0.05) is 0 Å². The maximum absolute atomic E-state index is 3.68. The molecule has 0 atom stereocenters. The molecule has 0 saturated heterocycles. The summed E-state index contributed by atoms with van der Waals surface area (Å²) in [5.41, 5.74) is 1.29. The summed E-state index contributed by atoms with van der Waals surface area (Å²) in [7, 11) is 0. The lowest BCUT2D eigenvalue weighted by molar-refractivity contribution is 1.09. The third kappa shape index (κ3) is 12.0. The van der Waals surface area contributed by atoms with E-state index in [1.54, 1.807) is 0 Å². The Morgan fingerprint density at radius 1 is 1.25 bits per heavy atom. The summed E-state index contributed by atoms with van der Waals surface area (Å²) in [6, 6.07) is 0. The summed E-state index contributed by atoms with van der Waals surface area (Å²) >= 11 is 0. The van der Waals surface area contributed by atoms with Crippen molar-refractivity contribution in [3.8, 4) is 0 Å². The first-order valence-corrected chi connectivity index (χ1v) is 4.70. The maximum Gasteiger partial charge on any atom is -0.0308 e. The molecule has 0 nitrogen and oxygen atoms in total. The van der Waals surface area contributed by atoms with Crippen molar-refractivity contribution in [3.05, 3.63) is 36.5 Å². The van der Waals surface area contributed by atoms with Crippen LogP contribution in [0.2, 0.25) is 0 Å². The molecule has 0 aliphatic rings. The van der Waals surface area contributed by atoms with E-state index in [1.807, 2.05) is 25.2 Å². The summed E-state index contributed by atoms with van der Waals surface area (Å²) in [4.78, 5) is 0. The molecule has 0 aromatic heterocycles. The number of hydrogen-bond acceptors (Lipinski definition) is 0. The second-order valence-corrected chi connectivity index (χ2v) is 2.53. The normalized spacial score (nSPS) is 10.8. The van der Waals surface area contributed by atoms with E-state index in [-0.39, 0.29) is 0 Å². The first-order valence-electron chi connectivity index (χ1n) is 4.70. The lowest BCUT2D eigenvalue weighted by Crippen LogP contribution is -1.69. The SMILES string of the molecule is C=C/C(=C\C=C/C)CC.CCC. The Balaban J connectivity index is 0. The molecule has 0 rings (SSSR count). The smallest absolute Gasteiger partial charge is 0.0308 e. The molecular weight excluding hydrogens is 144 g/mol. The topological polar surface area (TPSA) is 0 Å². The molecule has 0 N–H and O–H groups in total. The van der Waals surface area contributed by atoms with Gasteiger partial charge in [-0.15, -0.1) is 0 Å². The van der Waals surface area contributed by atoms with Crippen molar-refractivity contribution < 1.29 is 0 Å². The van der Waals surface area contributed by atoms with Crippen LogP contribution in [0.4, 0.5) is 0 Å². The van der Waals surface area contributed by atoms with E-state index < -0.39 is 0 Å². The second-order valence-electron chi connectivity index (χ2n) is 2.53. The van der Waals surface area contributed by atoms with Gasteiger partial charge in [-0.05, 0) is 18.9 Å². The van der Waals surface area contributed by atoms with Gasteiger partial charge in [0.25, 0.3) is 0 Å². The van der Waals surface area contributed by atoms with E-state index in [0.29, 0.717) is 0 Å². The van der Waals surface area contributed by atoms with Crippen molar-refractivity contribution in [1.82, 2.24) is 0 Å². The second kappa shape index (κ2) is 12.9. The molecule has 0 unspecified atom stereocenters. The highest BCUT2D eigenvalue weighted by atomic mass is 13.9. The van der Waals surface area contributed by atoms with Gasteiger partial charge in [0.2, 0.25) is 0 Å². The van der Waals surface area contributed by atoms with Crippen LogP contribution in [0.25, 0.3) is 0 Å². The molecule has 0 heterocycles. The van der Waals surface area contributed by atoms with Gasteiger partial charge in [-0.25, -0.2) is 0 Å². The average molecular weight is 166 g/mol. The van der Waals surface area contributed by atoms with Crippen LogP contribution in [0.1, 0.15) is 40.5 Å². The van der Waals surface area contributed by atoms with E-state index >= 15 is 0 Å². The van der Waals surface area contributed by atoms with Gasteiger partial charge < -0.3 is 0 Å². The standard InChI is InChI=1S/C9H14.C3H8/c1-4-7-8-9(5-2)6-3;1-3-2/h4-5,7-8H,2,6H2,1,3H3;3H2,1-2H3/b7-4-,9-8+;. The van der Waals surface area contributed by atoms with E-state index in [2.05, 4.69) is 33.4 Å². The quantitative estimate of drug-likeness (QED) is 0.541. The summed E-state index contributed by atoms with van der Waals surface area (Å²) < 4.78 is 0. The molecule has 0 aliphatic carbocycles. The molecule has 12 heavy (non-hydrogen) atoms. The number of rotatable bonds is 3. The van der Waals surface area contributed by atoms with Gasteiger partial charge >= 0.3 is 0 Å². The minimum Gasteiger partial charge on any atom is -0.0988 e. The average Bonchev–Trinajstić information content (AvgIpc) is 2.08. The highest BCUT2D eigenvalue weighted by Crippen LogP contribution is 2.00. The molecule has 0 spiro atoms. The van der Waals surface area contributed by atoms with Crippen molar-refractivity contribution in [3.63, 3.8) is 0 Å². The first-order chi connectivity index (χ1) is 5.76. The highest BCUT2D eigenvalue weighted by Gasteiger charge is 1.79. The van der Waals surface area contributed by atoms with Crippen LogP contribution >= 0.6 is 0 Å². The predicted molar refractivity (Wildman–Crippen MR) is 59.4 cm³/mol. The van der Waals surface area contributed by atoms with E-state index in [0.717, 1.165) is 6.42 Å². The van der Waals surface area contributed by atoms with E-state index in [4.69, 9.17) is 0 Å². The van der Waals surface area contributed by atoms with Crippen molar-refractivity contribution in [2.75, 3.05) is 0 Å². The molecule has 0 saturated carbocycles. The van der Waals surface area contributed by atoms with Crippen LogP contribution in [0.5, 0.6) is 0 Å². The van der Waals surface area contributed by atoms with Gasteiger partial charge in [-0.3, -0.25) is 0 Å². The van der Waals surface area contributed by atoms with Crippen LogP contribution in [0.3, 0.4) is 0 Å². The Bertz CT molecular complexity index is 138. The molecule has 0 amide bonds. The first kappa shape index (κ1) is 13.8. The van der Waals surface area contributed by atoms with E-state index in [1.165, 1.54) is 12.0 Å². The molecular formula is C12H22. The molecule has 0 heteroatoms. The van der Waals surface area contributed by atoms with Gasteiger partial charge in [-0.1, -0.05) is 58.1 Å². The minimum atomic E-state index is 1.06. The Hall–Kier alpha value is -0.780. The predicted octanol–water partition coefficient (Wildman–Crippen LogP) is 4.50. The minimum absolute atomic E-state index is 1.06. The van der Waals surface area contributed by atoms with Crippen molar-refractivity contribution in [1.29, 1.82) is 0 Å². The van der Waals surface area contributed by atoms with Crippen LogP contribution in [0.15, 0.2) is 36.5 Å². The maximum atomic E-state index is 3.68. The van der Waals surface area contributed by atoms with Crippen molar-refractivity contribution in [2.24, 2.45) is 0 Å². The van der Waals surface area contributed by atoms with Crippen molar-refractivity contribution in [2.45, 2.75) is 40.5 Å². The third-order valence-corrected chi connectivity index (χ3v) is 1.17. The van der Waals surface area contributed by atoms with Crippen LogP contribution in [0, 0.1) is 0 Å². The monoisotopic (exact) mass is 166 g/mol. The lowest BCUT2D eigenvalue weighted by atomic mass is 10.2. The fourth-order valence-electron chi connectivity index (χ4n) is 0.550. The van der Waals surface area contributed by atoms with Crippen LogP contribution in [-0.4, -0.2) is 0 Å². The molecule has 0 radical (unpaired) electrons. The molecule has 0 aromatic carbocycles. The highest BCUT2D eigenvalue weighted by molar-refractivity contribution is 5.21. The van der Waals surface area contributed by atoms with Gasteiger partial charge in [0.05, 0.1) is 0 Å². The largest absolute Gasteiger partial charge is 0.0988 e. The fraction of sp³-hybridized carbons (Fsp3) is 0.500. The Kier molecular flexibility index (Phi) is 14.8. The molecule has 0 aromatic rings. The van der Waals surface area contributed by atoms with Gasteiger partial charge in [-0.2, -0.15) is 0 Å². The molecule has 0 fully saturated rings. The van der Waals surface area contributed by atoms with Crippen LogP contribution in [-0.2, 0) is 0 Å². The summed E-state index contributed by atoms with van der Waals surface area (Å²) in [6.45, 7) is 12.1. The summed E-state index contributed by atoms with van der Waals surface area (Å²) in [5.74, 6) is 0. The number of allylic oxidation sites excluding steroid dienone is 5. The zero-order valence-electron chi connectivity index (χ0n) is 8.93. The van der Waals surface area contributed by atoms with Crippen LogP contribution < -0.4 is 0 Å². The molecule has 70 valence electrons. The lowest BCUT2D eigenvalue weighted by Gasteiger charge is -1.89. The van der Waals surface area contributed by atoms with Gasteiger partial charge in [0.1, 0.15) is 0 Å². The third-order valence-electron chi connectivity index (χ3n) is 1.17. The van der Waals surface area contributed by atoms with Gasteiger partial charge in [0.15, 0.2) is 0 Å². The Labute approximate surface area is 77.7 Å². The Morgan fingerprint density at radius 2 is 1.75 bits per heavy atom. The van der Waals surface area contributed by atoms with Crippen molar-refractivity contribution >= 4 is 0 Å². The molecule has 0 bridgehead atoms. The van der Waals surface area contributed by atoms with E-state index in [9.17, 15) is 0 Å². The number of hydrogen-bond donors (Lipinski definition) is 0. The zero-order chi connectivity index (χ0) is 9.82. The molecule has 0 aliphatic heterocycles. The fourth-order valence-corrected chi connectivity index (χ4v) is 0.550. The summed E-state index contributed by atoms with van der Waals surface area (Å²) in [6.07, 6.45) is 10.3. The Morgan fingerprint density at radius 3 is 2.00 bits per heavy atom. The summed E-state index contributed by atoms with van der Waals surface area (Å²) in [5, 5.41) is 0. The zero-order valence-corrected chi connectivity index (χ0v) is 8.93.